The molecule has 0 bridgehead atoms. The Hall–Kier alpha value is -4.07. The van der Waals surface area contributed by atoms with Gasteiger partial charge < -0.3 is 24.3 Å². The van der Waals surface area contributed by atoms with Crippen molar-refractivity contribution in [1.82, 2.24) is 0 Å². The summed E-state index contributed by atoms with van der Waals surface area (Å²) in [5, 5.41) is 2.79. The highest BCUT2D eigenvalue weighted by atomic mass is 16.7. The summed E-state index contributed by atoms with van der Waals surface area (Å²) in [6.07, 6.45) is 2.12. The Balaban J connectivity index is 1.22. The van der Waals surface area contributed by atoms with Crippen LogP contribution in [0.5, 0.6) is 17.2 Å². The van der Waals surface area contributed by atoms with E-state index >= 15 is 0 Å². The quantitative estimate of drug-likeness (QED) is 0.506. The van der Waals surface area contributed by atoms with E-state index in [1.807, 2.05) is 12.1 Å². The fourth-order valence-corrected chi connectivity index (χ4v) is 6.08. The van der Waals surface area contributed by atoms with E-state index in [2.05, 4.69) is 33.0 Å². The number of anilines is 1. The minimum absolute atomic E-state index is 0.0287. The monoisotopic (exact) mass is 543 g/mol. The molecule has 40 heavy (non-hydrogen) atoms. The molecular weight excluding hydrogens is 510 g/mol. The van der Waals surface area contributed by atoms with Gasteiger partial charge in [0.25, 0.3) is 5.91 Å². The lowest BCUT2D eigenvalue weighted by atomic mass is 9.65. The minimum Gasteiger partial charge on any atom is -0.484 e. The highest BCUT2D eigenvalue weighted by Crippen LogP contribution is 2.53. The molecule has 208 valence electrons. The number of ketones is 2. The first-order valence-corrected chi connectivity index (χ1v) is 13.6. The summed E-state index contributed by atoms with van der Waals surface area (Å²) in [5.74, 6) is 2.39. The number of amides is 1. The van der Waals surface area contributed by atoms with Crippen LogP contribution in [0.25, 0.3) is 0 Å². The lowest BCUT2D eigenvalue weighted by Gasteiger charge is -2.42. The maximum Gasteiger partial charge on any atom is 0.262 e. The van der Waals surface area contributed by atoms with Gasteiger partial charge in [0.2, 0.25) is 6.79 Å². The van der Waals surface area contributed by atoms with Gasteiger partial charge >= 0.3 is 0 Å². The van der Waals surface area contributed by atoms with Crippen molar-refractivity contribution in [2.24, 2.45) is 10.8 Å². The number of allylic oxidation sites excluding steroid dienone is 4. The van der Waals surface area contributed by atoms with E-state index in [1.54, 1.807) is 30.3 Å². The molecule has 0 atom stereocenters. The van der Waals surface area contributed by atoms with Gasteiger partial charge in [-0.1, -0.05) is 39.8 Å². The Kier molecular flexibility index (Phi) is 6.24. The summed E-state index contributed by atoms with van der Waals surface area (Å²) in [6.45, 7) is 8.26. The summed E-state index contributed by atoms with van der Waals surface area (Å²) in [6, 6.07) is 12.5. The second kappa shape index (κ2) is 9.54. The Labute approximate surface area is 233 Å². The Morgan fingerprint density at radius 1 is 0.850 bits per heavy atom. The molecule has 0 aromatic heterocycles. The number of benzene rings is 2. The predicted octanol–water partition coefficient (Wildman–Crippen LogP) is 5.83. The van der Waals surface area contributed by atoms with Crippen LogP contribution in [-0.4, -0.2) is 30.9 Å². The lowest BCUT2D eigenvalue weighted by Crippen LogP contribution is -2.37. The number of fused-ring (bicyclic) bond motifs is 1. The molecular formula is C32H33NO7. The SMILES string of the molecule is CC1(C)CC(=O)C2=C(C1)OC1=C(C(=O)CC(C)(C)C1)C2c1ccc(OCC(=O)Nc2ccc3c(c2)OCO3)cc1. The van der Waals surface area contributed by atoms with E-state index in [1.165, 1.54) is 0 Å². The topological polar surface area (TPSA) is 100 Å². The average molecular weight is 544 g/mol. The number of nitrogens with one attached hydrogen (secondary N) is 1. The first-order chi connectivity index (χ1) is 19.0. The Morgan fingerprint density at radius 2 is 1.45 bits per heavy atom. The predicted molar refractivity (Wildman–Crippen MR) is 147 cm³/mol. The van der Waals surface area contributed by atoms with Gasteiger partial charge in [-0.05, 0) is 40.7 Å². The molecule has 0 radical (unpaired) electrons. The number of rotatable bonds is 5. The zero-order valence-electron chi connectivity index (χ0n) is 23.2. The third kappa shape index (κ3) is 4.98. The van der Waals surface area contributed by atoms with Crippen LogP contribution in [0.1, 0.15) is 64.9 Å². The molecule has 0 saturated heterocycles. The van der Waals surface area contributed by atoms with Crippen molar-refractivity contribution in [1.29, 1.82) is 0 Å². The third-order valence-corrected chi connectivity index (χ3v) is 7.82. The van der Waals surface area contributed by atoms with E-state index < -0.39 is 5.92 Å². The maximum atomic E-state index is 13.4. The molecule has 8 nitrogen and oxygen atoms in total. The van der Waals surface area contributed by atoms with Gasteiger partial charge in [-0.2, -0.15) is 0 Å². The molecule has 0 saturated carbocycles. The summed E-state index contributed by atoms with van der Waals surface area (Å²) < 4.78 is 22.7. The van der Waals surface area contributed by atoms with Crippen LogP contribution in [0.2, 0.25) is 0 Å². The van der Waals surface area contributed by atoms with Gasteiger partial charge in [0.15, 0.2) is 29.7 Å². The van der Waals surface area contributed by atoms with Gasteiger partial charge in [0.1, 0.15) is 17.3 Å². The zero-order valence-corrected chi connectivity index (χ0v) is 23.2. The van der Waals surface area contributed by atoms with Crippen LogP contribution in [0.3, 0.4) is 0 Å². The fraction of sp³-hybridized carbons (Fsp3) is 0.406. The van der Waals surface area contributed by atoms with Crippen LogP contribution < -0.4 is 19.5 Å². The smallest absolute Gasteiger partial charge is 0.262 e. The summed E-state index contributed by atoms with van der Waals surface area (Å²) in [4.78, 5) is 39.4. The highest BCUT2D eigenvalue weighted by molar-refractivity contribution is 6.06. The minimum atomic E-state index is -0.464. The van der Waals surface area contributed by atoms with Gasteiger partial charge in [-0.25, -0.2) is 0 Å². The van der Waals surface area contributed by atoms with Crippen molar-refractivity contribution in [2.45, 2.75) is 59.3 Å². The van der Waals surface area contributed by atoms with Crippen molar-refractivity contribution in [3.63, 3.8) is 0 Å². The second-order valence-electron chi connectivity index (χ2n) is 12.6. The van der Waals surface area contributed by atoms with E-state index in [-0.39, 0.29) is 41.7 Å². The first kappa shape index (κ1) is 26.2. The summed E-state index contributed by atoms with van der Waals surface area (Å²) in [7, 11) is 0. The zero-order chi connectivity index (χ0) is 28.2. The molecule has 1 N–H and O–H groups in total. The summed E-state index contributed by atoms with van der Waals surface area (Å²) >= 11 is 0. The van der Waals surface area contributed by atoms with Crippen molar-refractivity contribution in [2.75, 3.05) is 18.7 Å². The first-order valence-electron chi connectivity index (χ1n) is 13.6. The fourth-order valence-electron chi connectivity index (χ4n) is 6.08. The molecule has 0 fully saturated rings. The highest BCUT2D eigenvalue weighted by Gasteiger charge is 2.47. The van der Waals surface area contributed by atoms with Gasteiger partial charge in [0, 0.05) is 54.5 Å². The maximum absolute atomic E-state index is 13.4. The molecule has 8 heteroatoms. The van der Waals surface area contributed by atoms with Crippen molar-refractivity contribution < 1.29 is 33.3 Å². The number of carbonyl (C=O) groups is 3. The van der Waals surface area contributed by atoms with Gasteiger partial charge in [-0.15, -0.1) is 0 Å². The number of Topliss-reactive ketones (excluding diaryl/α,β-unsaturated/α-hetero) is 2. The molecule has 2 aromatic carbocycles. The van der Waals surface area contributed by atoms with Crippen molar-refractivity contribution in [3.05, 3.63) is 70.7 Å². The standard InChI is InChI=1S/C32H33NO7/c1-31(2)12-21(34)29-25(14-31)40-26-15-32(3,4)13-22(35)30(26)28(29)18-5-8-20(9-6-18)37-16-27(36)33-19-7-10-23-24(11-19)39-17-38-23/h5-11,28H,12-17H2,1-4H3,(H,33,36). The van der Waals surface area contributed by atoms with Crippen molar-refractivity contribution >= 4 is 23.2 Å². The second-order valence-corrected chi connectivity index (χ2v) is 12.6. The van der Waals surface area contributed by atoms with Crippen LogP contribution in [0.4, 0.5) is 5.69 Å². The number of hydrogen-bond donors (Lipinski definition) is 1. The molecule has 1 amide bonds. The number of ether oxygens (including phenoxy) is 4. The molecule has 6 rings (SSSR count). The van der Waals surface area contributed by atoms with Crippen molar-refractivity contribution in [3.8, 4) is 17.2 Å². The molecule has 0 spiro atoms. The van der Waals surface area contributed by atoms with E-state index in [9.17, 15) is 14.4 Å². The lowest BCUT2D eigenvalue weighted by molar-refractivity contribution is -0.120. The molecule has 2 heterocycles. The Morgan fingerprint density at radius 3 is 2.08 bits per heavy atom. The molecule has 2 aliphatic carbocycles. The van der Waals surface area contributed by atoms with Gasteiger partial charge in [-0.3, -0.25) is 14.4 Å². The van der Waals surface area contributed by atoms with Crippen LogP contribution in [0.15, 0.2) is 65.1 Å². The molecule has 4 aliphatic rings. The molecule has 2 aromatic rings. The van der Waals surface area contributed by atoms with Crippen LogP contribution in [0, 0.1) is 10.8 Å². The number of carbonyl (C=O) groups excluding carboxylic acids is 3. The Bertz CT molecular complexity index is 1430. The largest absolute Gasteiger partial charge is 0.484 e. The molecule has 0 unspecified atom stereocenters. The normalized spacial score (nSPS) is 21.0. The van der Waals surface area contributed by atoms with Crippen LogP contribution in [-0.2, 0) is 19.1 Å². The van der Waals surface area contributed by atoms with Crippen LogP contribution >= 0.6 is 0 Å². The van der Waals surface area contributed by atoms with E-state index in [0.717, 1.165) is 5.56 Å². The van der Waals surface area contributed by atoms with E-state index in [0.29, 0.717) is 71.3 Å². The third-order valence-electron chi connectivity index (χ3n) is 7.82. The average Bonchev–Trinajstić information content (AvgIpc) is 3.33. The summed E-state index contributed by atoms with van der Waals surface area (Å²) in [5.41, 5.74) is 2.21. The molecule has 2 aliphatic heterocycles. The van der Waals surface area contributed by atoms with E-state index in [4.69, 9.17) is 18.9 Å². The van der Waals surface area contributed by atoms with Gasteiger partial charge in [0.05, 0.1) is 0 Å². The number of hydrogen-bond acceptors (Lipinski definition) is 7.